The normalized spacial score (nSPS) is 10.9. The molecule has 3 aromatic rings. The van der Waals surface area contributed by atoms with Crippen molar-refractivity contribution in [2.75, 3.05) is 37.8 Å². The quantitative estimate of drug-likeness (QED) is 0.550. The van der Waals surface area contributed by atoms with Crippen LogP contribution in [0.2, 0.25) is 0 Å². The summed E-state index contributed by atoms with van der Waals surface area (Å²) in [6.07, 6.45) is 1.05. The lowest BCUT2D eigenvalue weighted by atomic mass is 10.1. The molecule has 0 amide bonds. The minimum absolute atomic E-state index is 0.714. The van der Waals surface area contributed by atoms with E-state index >= 15 is 0 Å². The number of nitrogens with one attached hydrogen (secondary N) is 2. The van der Waals surface area contributed by atoms with Crippen LogP contribution in [0.1, 0.15) is 17.5 Å². The van der Waals surface area contributed by atoms with Crippen molar-refractivity contribution in [3.63, 3.8) is 0 Å². The second kappa shape index (κ2) is 9.33. The zero-order valence-corrected chi connectivity index (χ0v) is 17.2. The highest BCUT2D eigenvalue weighted by Gasteiger charge is 2.09. The Balaban J connectivity index is 1.87. The third-order valence-electron chi connectivity index (χ3n) is 4.71. The summed E-state index contributed by atoms with van der Waals surface area (Å²) >= 11 is 0. The highest BCUT2D eigenvalue weighted by atomic mass is 15.1. The maximum Gasteiger partial charge on any atom is 0.163 e. The van der Waals surface area contributed by atoms with Crippen molar-refractivity contribution in [1.82, 2.24) is 14.9 Å². The lowest BCUT2D eigenvalue weighted by Crippen LogP contribution is -2.16. The van der Waals surface area contributed by atoms with Crippen LogP contribution >= 0.6 is 0 Å². The van der Waals surface area contributed by atoms with Gasteiger partial charge in [-0.3, -0.25) is 0 Å². The van der Waals surface area contributed by atoms with E-state index in [0.29, 0.717) is 5.82 Å². The van der Waals surface area contributed by atoms with Crippen molar-refractivity contribution < 1.29 is 0 Å². The zero-order chi connectivity index (χ0) is 19.9. The van der Waals surface area contributed by atoms with Gasteiger partial charge in [-0.05, 0) is 58.1 Å². The van der Waals surface area contributed by atoms with Crippen LogP contribution < -0.4 is 10.6 Å². The first-order valence-electron chi connectivity index (χ1n) is 9.69. The van der Waals surface area contributed by atoms with Crippen LogP contribution in [-0.2, 0) is 0 Å². The molecule has 5 nitrogen and oxygen atoms in total. The molecule has 5 heteroatoms. The second-order valence-electron chi connectivity index (χ2n) is 7.28. The van der Waals surface area contributed by atoms with Crippen molar-refractivity contribution in [3.05, 3.63) is 65.7 Å². The number of hydrogen-bond donors (Lipinski definition) is 2. The molecule has 0 aliphatic rings. The summed E-state index contributed by atoms with van der Waals surface area (Å²) in [6, 6.07) is 18.3. The standard InChI is InChI=1S/C23H29N5/c1-17-10-8-13-20(18(17)2)25-22-16-21(24-14-9-15-28(3)4)26-23(27-22)19-11-6-5-7-12-19/h5-8,10-13,16H,9,14-15H2,1-4H3,(H2,24,25,26,27). The summed E-state index contributed by atoms with van der Waals surface area (Å²) in [5.41, 5.74) is 4.55. The molecule has 0 atom stereocenters. The molecule has 2 aromatic carbocycles. The molecule has 1 aromatic heterocycles. The summed E-state index contributed by atoms with van der Waals surface area (Å²) in [7, 11) is 4.18. The highest BCUT2D eigenvalue weighted by molar-refractivity contribution is 5.67. The van der Waals surface area contributed by atoms with Crippen molar-refractivity contribution in [1.29, 1.82) is 0 Å². The molecule has 0 aliphatic heterocycles. The Morgan fingerprint density at radius 3 is 2.39 bits per heavy atom. The van der Waals surface area contributed by atoms with Crippen molar-refractivity contribution in [2.24, 2.45) is 0 Å². The molecule has 2 N–H and O–H groups in total. The van der Waals surface area contributed by atoms with Crippen molar-refractivity contribution in [3.8, 4) is 11.4 Å². The van der Waals surface area contributed by atoms with Gasteiger partial charge in [0.15, 0.2) is 5.82 Å². The largest absolute Gasteiger partial charge is 0.370 e. The zero-order valence-electron chi connectivity index (χ0n) is 17.2. The van der Waals surface area contributed by atoms with E-state index in [4.69, 9.17) is 9.97 Å². The molecule has 146 valence electrons. The van der Waals surface area contributed by atoms with Crippen LogP contribution in [0, 0.1) is 13.8 Å². The molecule has 0 radical (unpaired) electrons. The first-order valence-corrected chi connectivity index (χ1v) is 9.69. The minimum atomic E-state index is 0.714. The molecule has 0 saturated carbocycles. The Morgan fingerprint density at radius 2 is 1.64 bits per heavy atom. The molecule has 0 saturated heterocycles. The number of aromatic nitrogens is 2. The van der Waals surface area contributed by atoms with Gasteiger partial charge in [0.1, 0.15) is 11.6 Å². The Kier molecular flexibility index (Phi) is 6.61. The summed E-state index contributed by atoms with van der Waals surface area (Å²) in [5.74, 6) is 2.34. The Morgan fingerprint density at radius 1 is 0.893 bits per heavy atom. The monoisotopic (exact) mass is 375 g/mol. The molecule has 1 heterocycles. The first kappa shape index (κ1) is 19.8. The van der Waals surface area contributed by atoms with Crippen LogP contribution in [0.15, 0.2) is 54.6 Å². The number of nitrogens with zero attached hydrogens (tertiary/aromatic N) is 3. The maximum atomic E-state index is 4.76. The van der Waals surface area contributed by atoms with Gasteiger partial charge < -0.3 is 15.5 Å². The smallest absolute Gasteiger partial charge is 0.163 e. The fraction of sp³-hybridized carbons (Fsp3) is 0.304. The van der Waals surface area contributed by atoms with Crippen LogP contribution in [0.3, 0.4) is 0 Å². The van der Waals surface area contributed by atoms with Gasteiger partial charge in [-0.1, -0.05) is 42.5 Å². The summed E-state index contributed by atoms with van der Waals surface area (Å²) < 4.78 is 0. The molecular formula is C23H29N5. The predicted molar refractivity (Wildman–Crippen MR) is 118 cm³/mol. The van der Waals surface area contributed by atoms with E-state index in [1.165, 1.54) is 11.1 Å². The van der Waals surface area contributed by atoms with Gasteiger partial charge in [0.2, 0.25) is 0 Å². The van der Waals surface area contributed by atoms with Gasteiger partial charge >= 0.3 is 0 Å². The van der Waals surface area contributed by atoms with Gasteiger partial charge in [-0.2, -0.15) is 0 Å². The summed E-state index contributed by atoms with van der Waals surface area (Å²) in [6.45, 7) is 6.15. The summed E-state index contributed by atoms with van der Waals surface area (Å²) in [5, 5.41) is 6.92. The van der Waals surface area contributed by atoms with E-state index in [-0.39, 0.29) is 0 Å². The fourth-order valence-corrected chi connectivity index (χ4v) is 2.95. The van der Waals surface area contributed by atoms with Crippen LogP contribution in [0.4, 0.5) is 17.3 Å². The third kappa shape index (κ3) is 5.30. The van der Waals surface area contributed by atoms with Gasteiger partial charge in [0.05, 0.1) is 0 Å². The van der Waals surface area contributed by atoms with Crippen LogP contribution in [0.5, 0.6) is 0 Å². The third-order valence-corrected chi connectivity index (χ3v) is 4.71. The molecule has 28 heavy (non-hydrogen) atoms. The molecule has 0 aliphatic carbocycles. The molecular weight excluding hydrogens is 346 g/mol. The Bertz CT molecular complexity index is 906. The van der Waals surface area contributed by atoms with E-state index in [1.54, 1.807) is 0 Å². The second-order valence-corrected chi connectivity index (χ2v) is 7.28. The highest BCUT2D eigenvalue weighted by Crippen LogP contribution is 2.25. The van der Waals surface area contributed by atoms with E-state index in [9.17, 15) is 0 Å². The lowest BCUT2D eigenvalue weighted by molar-refractivity contribution is 0.405. The van der Waals surface area contributed by atoms with Gasteiger partial charge in [-0.25, -0.2) is 9.97 Å². The Labute approximate surface area is 167 Å². The predicted octanol–water partition coefficient (Wildman–Crippen LogP) is 4.87. The van der Waals surface area contributed by atoms with Crippen LogP contribution in [-0.4, -0.2) is 42.1 Å². The number of aryl methyl sites for hydroxylation is 1. The molecule has 0 fully saturated rings. The fourth-order valence-electron chi connectivity index (χ4n) is 2.95. The molecule has 0 spiro atoms. The van der Waals surface area contributed by atoms with Crippen LogP contribution in [0.25, 0.3) is 11.4 Å². The number of hydrogen-bond acceptors (Lipinski definition) is 5. The number of benzene rings is 2. The Hall–Kier alpha value is -2.92. The van der Waals surface area contributed by atoms with Gasteiger partial charge in [0, 0.05) is 23.9 Å². The SMILES string of the molecule is Cc1cccc(Nc2cc(NCCCN(C)C)nc(-c3ccccc3)n2)c1C. The average Bonchev–Trinajstić information content (AvgIpc) is 2.69. The molecule has 0 unspecified atom stereocenters. The van der Waals surface area contributed by atoms with E-state index in [0.717, 1.165) is 42.4 Å². The topological polar surface area (TPSA) is 53.1 Å². The van der Waals surface area contributed by atoms with Gasteiger partial charge in [-0.15, -0.1) is 0 Å². The van der Waals surface area contributed by atoms with E-state index in [1.807, 2.05) is 36.4 Å². The average molecular weight is 376 g/mol. The van der Waals surface area contributed by atoms with Crippen molar-refractivity contribution in [2.45, 2.75) is 20.3 Å². The minimum Gasteiger partial charge on any atom is -0.370 e. The lowest BCUT2D eigenvalue weighted by Gasteiger charge is -2.14. The number of rotatable bonds is 8. The summed E-state index contributed by atoms with van der Waals surface area (Å²) in [4.78, 5) is 11.7. The van der Waals surface area contributed by atoms with E-state index in [2.05, 4.69) is 61.7 Å². The van der Waals surface area contributed by atoms with Gasteiger partial charge in [0.25, 0.3) is 0 Å². The first-order chi connectivity index (χ1) is 13.5. The number of anilines is 3. The molecule has 3 rings (SSSR count). The van der Waals surface area contributed by atoms with Crippen molar-refractivity contribution >= 4 is 17.3 Å². The molecule has 0 bridgehead atoms. The van der Waals surface area contributed by atoms with E-state index < -0.39 is 0 Å². The maximum absolute atomic E-state index is 4.76.